The fourth-order valence-electron chi connectivity index (χ4n) is 0.923. The second-order valence-corrected chi connectivity index (χ2v) is 3.96. The first-order valence-corrected chi connectivity index (χ1v) is 5.21. The topological polar surface area (TPSA) is 0 Å². The predicted molar refractivity (Wildman–Crippen MR) is 52.6 cm³/mol. The van der Waals surface area contributed by atoms with Crippen LogP contribution in [-0.2, 0) is 0 Å². The molecule has 66 valence electrons. The molecule has 0 aromatic heterocycles. The zero-order valence-electron chi connectivity index (χ0n) is 6.81. The highest BCUT2D eigenvalue weighted by Gasteiger charge is 1.99. The van der Waals surface area contributed by atoms with E-state index < -0.39 is 0 Å². The largest absolute Gasteiger partial charge is 0.207 e. The summed E-state index contributed by atoms with van der Waals surface area (Å²) in [5.41, 5.74) is 0.977. The average molecular weight is 205 g/mol. The number of rotatable bonds is 3. The van der Waals surface area contributed by atoms with Gasteiger partial charge >= 0.3 is 0 Å². The van der Waals surface area contributed by atoms with E-state index in [9.17, 15) is 4.39 Å². The van der Waals surface area contributed by atoms with Crippen LogP contribution in [0.5, 0.6) is 0 Å². The number of thioether (sulfide) groups is 1. The van der Waals surface area contributed by atoms with Crippen molar-refractivity contribution in [2.45, 2.75) is 11.8 Å². The molecule has 0 spiro atoms. The van der Waals surface area contributed by atoms with E-state index in [1.54, 1.807) is 17.8 Å². The maximum Gasteiger partial charge on any atom is 0.123 e. The Hall–Kier alpha value is -0.210. The predicted octanol–water partition coefficient (Wildman–Crippen LogP) is 3.47. The lowest BCUT2D eigenvalue weighted by Crippen LogP contribution is -1.84. The number of hydrogen-bond donors (Lipinski definition) is 0. The van der Waals surface area contributed by atoms with E-state index in [2.05, 4.69) is 0 Å². The molecule has 0 nitrogen and oxygen atoms in total. The summed E-state index contributed by atoms with van der Waals surface area (Å²) in [6, 6.07) is 4.81. The van der Waals surface area contributed by atoms with Crippen LogP contribution in [0.2, 0.25) is 0 Å². The summed E-state index contributed by atoms with van der Waals surface area (Å²) >= 11 is 7.20. The highest BCUT2D eigenvalue weighted by atomic mass is 35.5. The lowest BCUT2D eigenvalue weighted by Gasteiger charge is -2.03. The van der Waals surface area contributed by atoms with Gasteiger partial charge in [-0.2, -0.15) is 0 Å². The third kappa shape index (κ3) is 2.68. The molecule has 0 heterocycles. The standard InChI is InChI=1S/C9H10ClFS/c1-7-6-8(11)2-3-9(7)12-5-4-10/h2-3,6H,4-5H2,1H3. The first-order chi connectivity index (χ1) is 5.74. The molecule has 1 aromatic carbocycles. The van der Waals surface area contributed by atoms with Crippen molar-refractivity contribution >= 4 is 23.4 Å². The van der Waals surface area contributed by atoms with Crippen LogP contribution in [-0.4, -0.2) is 11.6 Å². The van der Waals surface area contributed by atoms with Crippen molar-refractivity contribution < 1.29 is 4.39 Å². The molecule has 0 atom stereocenters. The van der Waals surface area contributed by atoms with E-state index >= 15 is 0 Å². The Kier molecular flexibility index (Phi) is 3.89. The molecule has 1 aromatic rings. The van der Waals surface area contributed by atoms with Crippen LogP contribution in [0.4, 0.5) is 4.39 Å². The van der Waals surface area contributed by atoms with Gasteiger partial charge in [0, 0.05) is 16.5 Å². The fourth-order valence-corrected chi connectivity index (χ4v) is 1.90. The molecule has 12 heavy (non-hydrogen) atoms. The van der Waals surface area contributed by atoms with Crippen molar-refractivity contribution in [1.29, 1.82) is 0 Å². The van der Waals surface area contributed by atoms with Crippen LogP contribution >= 0.6 is 23.4 Å². The van der Waals surface area contributed by atoms with Crippen molar-refractivity contribution in [3.05, 3.63) is 29.6 Å². The Labute approximate surface area is 81.1 Å². The Bertz CT molecular complexity index is 263. The molecule has 0 aliphatic heterocycles. The van der Waals surface area contributed by atoms with Gasteiger partial charge < -0.3 is 0 Å². The normalized spacial score (nSPS) is 10.2. The van der Waals surface area contributed by atoms with Crippen molar-refractivity contribution in [1.82, 2.24) is 0 Å². The van der Waals surface area contributed by atoms with Gasteiger partial charge in [-0.25, -0.2) is 4.39 Å². The minimum absolute atomic E-state index is 0.178. The van der Waals surface area contributed by atoms with Crippen molar-refractivity contribution in [2.75, 3.05) is 11.6 Å². The summed E-state index contributed by atoms with van der Waals surface area (Å²) in [5, 5.41) is 0. The van der Waals surface area contributed by atoms with Crippen LogP contribution in [0.15, 0.2) is 23.1 Å². The van der Waals surface area contributed by atoms with Crippen molar-refractivity contribution in [2.24, 2.45) is 0 Å². The van der Waals surface area contributed by atoms with E-state index in [1.807, 2.05) is 6.92 Å². The fraction of sp³-hybridized carbons (Fsp3) is 0.333. The van der Waals surface area contributed by atoms with Gasteiger partial charge in [0.1, 0.15) is 5.82 Å². The Morgan fingerprint density at radius 3 is 2.83 bits per heavy atom. The molecule has 0 saturated heterocycles. The van der Waals surface area contributed by atoms with Crippen molar-refractivity contribution in [3.63, 3.8) is 0 Å². The second-order valence-electron chi connectivity index (χ2n) is 2.45. The second kappa shape index (κ2) is 4.73. The van der Waals surface area contributed by atoms with Crippen LogP contribution in [0.1, 0.15) is 5.56 Å². The molecule has 0 fully saturated rings. The van der Waals surface area contributed by atoms with E-state index in [1.165, 1.54) is 12.1 Å². The van der Waals surface area contributed by atoms with Gasteiger partial charge in [-0.05, 0) is 30.7 Å². The Morgan fingerprint density at radius 2 is 2.25 bits per heavy atom. The summed E-state index contributed by atoms with van der Waals surface area (Å²) in [4.78, 5) is 1.11. The van der Waals surface area contributed by atoms with E-state index in [-0.39, 0.29) is 5.82 Å². The molecule has 3 heteroatoms. The number of alkyl halides is 1. The van der Waals surface area contributed by atoms with Gasteiger partial charge in [-0.3, -0.25) is 0 Å². The van der Waals surface area contributed by atoms with Crippen LogP contribution in [0, 0.1) is 12.7 Å². The quantitative estimate of drug-likeness (QED) is 0.537. The number of benzene rings is 1. The SMILES string of the molecule is Cc1cc(F)ccc1SCCCl. The van der Waals surface area contributed by atoms with Gasteiger partial charge in [-0.15, -0.1) is 23.4 Å². The average Bonchev–Trinajstić information content (AvgIpc) is 2.03. The lowest BCUT2D eigenvalue weighted by atomic mass is 10.2. The monoisotopic (exact) mass is 204 g/mol. The molecule has 0 saturated carbocycles. The molecule has 1 rings (SSSR count). The summed E-state index contributed by atoms with van der Waals surface area (Å²) in [6.45, 7) is 1.90. The first-order valence-electron chi connectivity index (χ1n) is 3.69. The van der Waals surface area contributed by atoms with Crippen LogP contribution < -0.4 is 0 Å². The van der Waals surface area contributed by atoms with Crippen molar-refractivity contribution in [3.8, 4) is 0 Å². The molecule has 0 N–H and O–H groups in total. The number of halogens is 2. The molecule has 0 amide bonds. The molecule has 0 bridgehead atoms. The van der Waals surface area contributed by atoms with E-state index in [0.717, 1.165) is 16.2 Å². The van der Waals surface area contributed by atoms with E-state index in [0.29, 0.717) is 5.88 Å². The Morgan fingerprint density at radius 1 is 1.50 bits per heavy atom. The first kappa shape index (κ1) is 9.87. The number of hydrogen-bond acceptors (Lipinski definition) is 1. The van der Waals surface area contributed by atoms with Crippen LogP contribution in [0.3, 0.4) is 0 Å². The summed E-state index contributed by atoms with van der Waals surface area (Å²) in [6.07, 6.45) is 0. The molecular weight excluding hydrogens is 195 g/mol. The Balaban J connectivity index is 2.72. The molecular formula is C9H10ClFS. The number of aryl methyl sites for hydroxylation is 1. The minimum Gasteiger partial charge on any atom is -0.207 e. The third-order valence-electron chi connectivity index (χ3n) is 1.47. The third-order valence-corrected chi connectivity index (χ3v) is 3.06. The molecule has 0 unspecified atom stereocenters. The van der Waals surface area contributed by atoms with Crippen LogP contribution in [0.25, 0.3) is 0 Å². The maximum atomic E-state index is 12.6. The molecule has 0 aliphatic carbocycles. The van der Waals surface area contributed by atoms with Gasteiger partial charge in [0.15, 0.2) is 0 Å². The molecule has 0 radical (unpaired) electrons. The zero-order valence-corrected chi connectivity index (χ0v) is 8.38. The highest BCUT2D eigenvalue weighted by molar-refractivity contribution is 7.99. The summed E-state index contributed by atoms with van der Waals surface area (Å²) < 4.78 is 12.6. The minimum atomic E-state index is -0.178. The highest BCUT2D eigenvalue weighted by Crippen LogP contribution is 2.22. The maximum absolute atomic E-state index is 12.6. The van der Waals surface area contributed by atoms with Gasteiger partial charge in [-0.1, -0.05) is 0 Å². The van der Waals surface area contributed by atoms with Gasteiger partial charge in [0.05, 0.1) is 0 Å². The summed E-state index contributed by atoms with van der Waals surface area (Å²) in [7, 11) is 0. The van der Waals surface area contributed by atoms with Gasteiger partial charge in [0.25, 0.3) is 0 Å². The smallest absolute Gasteiger partial charge is 0.123 e. The van der Waals surface area contributed by atoms with E-state index in [4.69, 9.17) is 11.6 Å². The lowest BCUT2D eigenvalue weighted by molar-refractivity contribution is 0.625. The zero-order chi connectivity index (χ0) is 8.97. The summed E-state index contributed by atoms with van der Waals surface area (Å²) in [5.74, 6) is 1.32. The van der Waals surface area contributed by atoms with Gasteiger partial charge in [0.2, 0.25) is 0 Å². The molecule has 0 aliphatic rings.